The second kappa shape index (κ2) is 9.45. The molecule has 2 aromatic carbocycles. The highest BCUT2D eigenvalue weighted by Gasteiger charge is 2.06. The van der Waals surface area contributed by atoms with E-state index in [0.29, 0.717) is 11.3 Å². The van der Waals surface area contributed by atoms with Crippen molar-refractivity contribution in [3.05, 3.63) is 68.7 Å². The molecule has 0 unspecified atom stereocenters. The molecule has 0 saturated carbocycles. The number of carbonyl (C=O) groups is 1. The summed E-state index contributed by atoms with van der Waals surface area (Å²) in [5, 5.41) is 13.2. The fourth-order valence-corrected chi connectivity index (χ4v) is 2.29. The zero-order chi connectivity index (χ0) is 18.1. The van der Waals surface area contributed by atoms with E-state index in [9.17, 15) is 14.9 Å². The third kappa shape index (κ3) is 6.65. The van der Waals surface area contributed by atoms with Crippen molar-refractivity contribution in [1.82, 2.24) is 5.32 Å². The molecule has 0 fully saturated rings. The number of hydrogen-bond acceptors (Lipinski definition) is 4. The highest BCUT2D eigenvalue weighted by molar-refractivity contribution is 9.10. The van der Waals surface area contributed by atoms with Crippen LogP contribution in [0.3, 0.4) is 0 Å². The van der Waals surface area contributed by atoms with Gasteiger partial charge in [-0.15, -0.1) is 0 Å². The van der Waals surface area contributed by atoms with Gasteiger partial charge in [-0.25, -0.2) is 0 Å². The number of amides is 1. The first-order valence-electron chi connectivity index (χ1n) is 7.39. The predicted molar refractivity (Wildman–Crippen MR) is 97.2 cm³/mol. The molecule has 0 spiro atoms. The van der Waals surface area contributed by atoms with E-state index in [1.807, 2.05) is 24.3 Å². The van der Waals surface area contributed by atoms with E-state index in [-0.39, 0.29) is 31.2 Å². The van der Waals surface area contributed by atoms with Crippen molar-refractivity contribution >= 4 is 27.5 Å². The minimum Gasteiger partial charge on any atom is -0.481 e. The van der Waals surface area contributed by atoms with E-state index in [1.54, 1.807) is 12.1 Å². The van der Waals surface area contributed by atoms with E-state index >= 15 is 0 Å². The van der Waals surface area contributed by atoms with Gasteiger partial charge in [-0.1, -0.05) is 46.0 Å². The van der Waals surface area contributed by atoms with Crippen molar-refractivity contribution in [1.29, 1.82) is 0 Å². The van der Waals surface area contributed by atoms with Crippen molar-refractivity contribution in [2.45, 2.75) is 6.42 Å². The molecule has 2 aromatic rings. The topological polar surface area (TPSA) is 81.5 Å². The Morgan fingerprint density at radius 2 is 1.96 bits per heavy atom. The minimum absolute atomic E-state index is 0.000436. The Hall–Kier alpha value is -2.85. The SMILES string of the molecule is O=C(Cc1ccc([N+](=O)[O-])cc1)NCC#CCOc1cccc(Br)c1. The molecule has 25 heavy (non-hydrogen) atoms. The van der Waals surface area contributed by atoms with Crippen LogP contribution in [0.4, 0.5) is 5.69 Å². The Morgan fingerprint density at radius 1 is 1.20 bits per heavy atom. The largest absolute Gasteiger partial charge is 0.481 e. The molecular weight excluding hydrogens is 388 g/mol. The van der Waals surface area contributed by atoms with Gasteiger partial charge in [0.15, 0.2) is 0 Å². The van der Waals surface area contributed by atoms with Gasteiger partial charge in [-0.05, 0) is 23.8 Å². The Balaban J connectivity index is 1.69. The lowest BCUT2D eigenvalue weighted by Gasteiger charge is -2.02. The first kappa shape index (κ1) is 18.5. The molecule has 0 saturated heterocycles. The molecule has 0 bridgehead atoms. The summed E-state index contributed by atoms with van der Waals surface area (Å²) in [6.45, 7) is 0.447. The van der Waals surface area contributed by atoms with E-state index in [1.165, 1.54) is 12.1 Å². The van der Waals surface area contributed by atoms with E-state index < -0.39 is 4.92 Å². The Morgan fingerprint density at radius 3 is 2.64 bits per heavy atom. The number of carbonyl (C=O) groups excluding carboxylic acids is 1. The van der Waals surface area contributed by atoms with Gasteiger partial charge in [-0.2, -0.15) is 0 Å². The maximum Gasteiger partial charge on any atom is 0.269 e. The van der Waals surface area contributed by atoms with Crippen LogP contribution in [0.5, 0.6) is 5.75 Å². The van der Waals surface area contributed by atoms with E-state index in [0.717, 1.165) is 4.47 Å². The Labute approximate surface area is 153 Å². The van der Waals surface area contributed by atoms with Crippen molar-refractivity contribution in [3.63, 3.8) is 0 Å². The number of nitro benzene ring substituents is 1. The number of rotatable bonds is 6. The van der Waals surface area contributed by atoms with Crippen LogP contribution in [0.15, 0.2) is 53.0 Å². The van der Waals surface area contributed by atoms with Gasteiger partial charge >= 0.3 is 0 Å². The van der Waals surface area contributed by atoms with E-state index in [4.69, 9.17) is 4.74 Å². The molecule has 128 valence electrons. The molecule has 0 radical (unpaired) electrons. The third-order valence-corrected chi connectivity index (χ3v) is 3.61. The zero-order valence-corrected chi connectivity index (χ0v) is 14.8. The standard InChI is InChI=1S/C18H15BrN2O4/c19-15-4-3-5-17(13-15)25-11-2-1-10-20-18(22)12-14-6-8-16(9-7-14)21(23)24/h3-9,13H,10-12H2,(H,20,22). The lowest BCUT2D eigenvalue weighted by atomic mass is 10.1. The number of ether oxygens (including phenoxy) is 1. The number of nitrogens with zero attached hydrogens (tertiary/aromatic N) is 1. The normalized spacial score (nSPS) is 9.64. The van der Waals surface area contributed by atoms with Gasteiger partial charge in [0.1, 0.15) is 12.4 Å². The molecule has 0 aliphatic rings. The molecule has 6 nitrogen and oxygen atoms in total. The number of non-ortho nitro benzene ring substituents is 1. The molecule has 1 amide bonds. The number of benzene rings is 2. The van der Waals surface area contributed by atoms with Gasteiger partial charge in [0.25, 0.3) is 5.69 Å². The van der Waals surface area contributed by atoms with Crippen LogP contribution in [-0.4, -0.2) is 24.0 Å². The maximum atomic E-state index is 11.8. The molecule has 7 heteroatoms. The smallest absolute Gasteiger partial charge is 0.269 e. The molecule has 0 aromatic heterocycles. The van der Waals surface area contributed by atoms with Crippen LogP contribution < -0.4 is 10.1 Å². The number of nitrogens with one attached hydrogen (secondary N) is 1. The van der Waals surface area contributed by atoms with Crippen LogP contribution in [0, 0.1) is 22.0 Å². The average Bonchev–Trinajstić information content (AvgIpc) is 2.58. The highest BCUT2D eigenvalue weighted by Crippen LogP contribution is 2.17. The first-order chi connectivity index (χ1) is 12.0. The van der Waals surface area contributed by atoms with Gasteiger partial charge < -0.3 is 10.1 Å². The monoisotopic (exact) mass is 402 g/mol. The van der Waals surface area contributed by atoms with Gasteiger partial charge in [0.05, 0.1) is 17.9 Å². The third-order valence-electron chi connectivity index (χ3n) is 3.12. The molecule has 0 heterocycles. The summed E-state index contributed by atoms with van der Waals surface area (Å²) in [5.74, 6) is 6.13. The van der Waals surface area contributed by atoms with Gasteiger partial charge in [0.2, 0.25) is 5.91 Å². The summed E-state index contributed by atoms with van der Waals surface area (Å²) in [7, 11) is 0. The quantitative estimate of drug-likeness (QED) is 0.457. The highest BCUT2D eigenvalue weighted by atomic mass is 79.9. The number of nitro groups is 1. The zero-order valence-electron chi connectivity index (χ0n) is 13.2. The molecule has 1 N–H and O–H groups in total. The summed E-state index contributed by atoms with van der Waals surface area (Å²) < 4.78 is 6.38. The first-order valence-corrected chi connectivity index (χ1v) is 8.18. The minimum atomic E-state index is -0.477. The lowest BCUT2D eigenvalue weighted by molar-refractivity contribution is -0.384. The summed E-state index contributed by atoms with van der Waals surface area (Å²) in [6, 6.07) is 13.3. The van der Waals surface area contributed by atoms with E-state index in [2.05, 4.69) is 33.1 Å². The Bertz CT molecular complexity index is 810. The van der Waals surface area contributed by atoms with Crippen molar-refractivity contribution in [2.75, 3.05) is 13.2 Å². The van der Waals surface area contributed by atoms with Crippen molar-refractivity contribution in [3.8, 4) is 17.6 Å². The second-order valence-electron chi connectivity index (χ2n) is 4.98. The summed E-state index contributed by atoms with van der Waals surface area (Å²) in [6.07, 6.45) is 0.147. The maximum absolute atomic E-state index is 11.8. The fourth-order valence-electron chi connectivity index (χ4n) is 1.92. The molecule has 0 aliphatic heterocycles. The van der Waals surface area contributed by atoms with Crippen molar-refractivity contribution in [2.24, 2.45) is 0 Å². The predicted octanol–water partition coefficient (Wildman–Crippen LogP) is 3.10. The number of hydrogen-bond donors (Lipinski definition) is 1. The Kier molecular flexibility index (Phi) is 6.99. The second-order valence-corrected chi connectivity index (χ2v) is 5.89. The van der Waals surface area contributed by atoms with Gasteiger partial charge in [0, 0.05) is 16.6 Å². The summed E-state index contributed by atoms with van der Waals surface area (Å²) in [4.78, 5) is 21.9. The molecule has 0 atom stereocenters. The van der Waals surface area contributed by atoms with Crippen LogP contribution in [0.1, 0.15) is 5.56 Å². The molecule has 0 aliphatic carbocycles. The molecular formula is C18H15BrN2O4. The van der Waals surface area contributed by atoms with Gasteiger partial charge in [-0.3, -0.25) is 14.9 Å². The van der Waals surface area contributed by atoms with Crippen molar-refractivity contribution < 1.29 is 14.5 Å². The fraction of sp³-hybridized carbons (Fsp3) is 0.167. The average molecular weight is 403 g/mol. The van der Waals surface area contributed by atoms with Crippen LogP contribution in [0.2, 0.25) is 0 Å². The summed E-state index contributed by atoms with van der Waals surface area (Å²) >= 11 is 3.35. The molecule has 2 rings (SSSR count). The van der Waals surface area contributed by atoms with Crippen LogP contribution in [0.25, 0.3) is 0 Å². The number of halogens is 1. The lowest BCUT2D eigenvalue weighted by Crippen LogP contribution is -2.25. The van der Waals surface area contributed by atoms with Crippen LogP contribution >= 0.6 is 15.9 Å². The van der Waals surface area contributed by atoms with Crippen LogP contribution in [-0.2, 0) is 11.2 Å². The summed E-state index contributed by atoms with van der Waals surface area (Å²) in [5.41, 5.74) is 0.703.